The zero-order chi connectivity index (χ0) is 19.3. The van der Waals surface area contributed by atoms with Crippen molar-refractivity contribution in [3.8, 4) is 0 Å². The number of amides is 1. The van der Waals surface area contributed by atoms with E-state index < -0.39 is 28.5 Å². The molecule has 1 heterocycles. The predicted octanol–water partition coefficient (Wildman–Crippen LogP) is 1.31. The molecule has 0 saturated carbocycles. The maximum atomic E-state index is 12.1. The van der Waals surface area contributed by atoms with Gasteiger partial charge < -0.3 is 14.1 Å². The van der Waals surface area contributed by atoms with Gasteiger partial charge in [0.1, 0.15) is 11.5 Å². The second kappa shape index (κ2) is 8.15. The summed E-state index contributed by atoms with van der Waals surface area (Å²) in [6.45, 7) is 1.59. The third-order valence-corrected chi connectivity index (χ3v) is 5.00. The number of likely N-dealkylation sites (N-methyl/N-ethyl adjacent to an activating group) is 1. The first-order valence-electron chi connectivity index (χ1n) is 7.73. The topological polar surface area (TPSA) is 106 Å². The predicted molar refractivity (Wildman–Crippen MR) is 92.9 cm³/mol. The summed E-state index contributed by atoms with van der Waals surface area (Å²) >= 11 is 0. The van der Waals surface area contributed by atoms with Crippen LogP contribution < -0.4 is 4.72 Å². The molecule has 1 N–H and O–H groups in total. The second-order valence-electron chi connectivity index (χ2n) is 5.57. The molecule has 0 fully saturated rings. The fourth-order valence-electron chi connectivity index (χ4n) is 2.12. The Labute approximate surface area is 151 Å². The van der Waals surface area contributed by atoms with Crippen LogP contribution in [0.3, 0.4) is 0 Å². The molecular formula is C17H20N2O6S. The highest BCUT2D eigenvalue weighted by Gasteiger charge is 2.17. The van der Waals surface area contributed by atoms with Gasteiger partial charge in [0.15, 0.2) is 6.61 Å². The Balaban J connectivity index is 1.95. The molecule has 0 radical (unpaired) electrons. The van der Waals surface area contributed by atoms with E-state index in [9.17, 15) is 18.0 Å². The molecule has 0 aliphatic heterocycles. The highest BCUT2D eigenvalue weighted by atomic mass is 32.2. The maximum Gasteiger partial charge on any atom is 0.338 e. The quantitative estimate of drug-likeness (QED) is 0.726. The van der Waals surface area contributed by atoms with Crippen LogP contribution in [0.15, 0.2) is 45.7 Å². The second-order valence-corrected chi connectivity index (χ2v) is 7.46. The Morgan fingerprint density at radius 1 is 1.23 bits per heavy atom. The summed E-state index contributed by atoms with van der Waals surface area (Å²) < 4.78 is 36.1. The molecule has 8 nitrogen and oxygen atoms in total. The number of carbonyl (C=O) groups excluding carboxylic acids is 2. The van der Waals surface area contributed by atoms with Gasteiger partial charge in [-0.1, -0.05) is 6.07 Å². The van der Waals surface area contributed by atoms with E-state index in [0.717, 1.165) is 5.76 Å². The van der Waals surface area contributed by atoms with Crippen molar-refractivity contribution in [1.82, 2.24) is 9.62 Å². The van der Waals surface area contributed by atoms with Crippen molar-refractivity contribution in [2.75, 3.05) is 20.7 Å². The Hall–Kier alpha value is -2.65. The highest BCUT2D eigenvalue weighted by molar-refractivity contribution is 7.89. The van der Waals surface area contributed by atoms with Gasteiger partial charge >= 0.3 is 5.97 Å². The number of rotatable bonds is 7. The Morgan fingerprint density at radius 2 is 1.96 bits per heavy atom. The van der Waals surface area contributed by atoms with Gasteiger partial charge in [0.2, 0.25) is 10.0 Å². The van der Waals surface area contributed by atoms with Crippen molar-refractivity contribution >= 4 is 21.9 Å². The van der Waals surface area contributed by atoms with E-state index >= 15 is 0 Å². The lowest BCUT2D eigenvalue weighted by molar-refractivity contribution is -0.134. The minimum Gasteiger partial charge on any atom is -0.464 e. The number of esters is 1. The van der Waals surface area contributed by atoms with E-state index in [2.05, 4.69) is 4.72 Å². The highest BCUT2D eigenvalue weighted by Crippen LogP contribution is 2.12. The third-order valence-electron chi connectivity index (χ3n) is 3.59. The molecule has 1 aromatic heterocycles. The van der Waals surface area contributed by atoms with Gasteiger partial charge in [-0.3, -0.25) is 4.79 Å². The maximum absolute atomic E-state index is 12.1. The van der Waals surface area contributed by atoms with E-state index in [1.54, 1.807) is 26.1 Å². The number of hydrogen-bond acceptors (Lipinski definition) is 6. The summed E-state index contributed by atoms with van der Waals surface area (Å²) in [5.41, 5.74) is 0.0402. The number of sulfonamides is 1. The lowest BCUT2D eigenvalue weighted by Crippen LogP contribution is -2.30. The van der Waals surface area contributed by atoms with Crippen molar-refractivity contribution in [2.45, 2.75) is 18.4 Å². The third kappa shape index (κ3) is 4.93. The summed E-state index contributed by atoms with van der Waals surface area (Å²) in [6.07, 6.45) is 0. The Morgan fingerprint density at radius 3 is 2.58 bits per heavy atom. The zero-order valence-corrected chi connectivity index (χ0v) is 15.5. The first-order valence-corrected chi connectivity index (χ1v) is 9.21. The van der Waals surface area contributed by atoms with Crippen molar-refractivity contribution in [3.63, 3.8) is 0 Å². The molecule has 0 unspecified atom stereocenters. The van der Waals surface area contributed by atoms with Crippen molar-refractivity contribution in [3.05, 3.63) is 53.5 Å². The van der Waals surface area contributed by atoms with Crippen LogP contribution >= 0.6 is 0 Å². The fraction of sp³-hybridized carbons (Fsp3) is 0.294. The van der Waals surface area contributed by atoms with Crippen LogP contribution in [0.1, 0.15) is 21.9 Å². The van der Waals surface area contributed by atoms with Crippen LogP contribution in [-0.4, -0.2) is 45.9 Å². The zero-order valence-electron chi connectivity index (χ0n) is 14.7. The molecule has 2 rings (SSSR count). The molecule has 0 bridgehead atoms. The minimum absolute atomic E-state index is 0.0402. The summed E-state index contributed by atoms with van der Waals surface area (Å²) in [6, 6.07) is 8.93. The number of carbonyl (C=O) groups is 2. The standard InChI is InChI=1S/C17H20N2O6S/c1-12-7-8-14(25-12)10-19(3)16(20)11-24-17(21)13-5-4-6-15(9-13)26(22,23)18-2/h4-9,18H,10-11H2,1-3H3. The van der Waals surface area contributed by atoms with Gasteiger partial charge in [-0.05, 0) is 44.3 Å². The first-order chi connectivity index (χ1) is 12.2. The Bertz CT molecular complexity index is 903. The number of ether oxygens (including phenoxy) is 1. The van der Waals surface area contributed by atoms with E-state index in [-0.39, 0.29) is 17.0 Å². The number of hydrogen-bond donors (Lipinski definition) is 1. The molecule has 1 amide bonds. The molecule has 0 saturated heterocycles. The van der Waals surface area contributed by atoms with Crippen LogP contribution in [0.4, 0.5) is 0 Å². The summed E-state index contributed by atoms with van der Waals surface area (Å²) in [4.78, 5) is 25.4. The minimum atomic E-state index is -3.67. The van der Waals surface area contributed by atoms with Crippen molar-refractivity contribution in [1.29, 1.82) is 0 Å². The molecule has 0 atom stereocenters. The van der Waals surface area contributed by atoms with E-state index in [1.165, 1.54) is 36.2 Å². The lowest BCUT2D eigenvalue weighted by Gasteiger charge is -2.15. The van der Waals surface area contributed by atoms with Gasteiger partial charge in [0.05, 0.1) is 17.0 Å². The molecule has 1 aromatic carbocycles. The SMILES string of the molecule is CNS(=O)(=O)c1cccc(C(=O)OCC(=O)N(C)Cc2ccc(C)o2)c1. The monoisotopic (exact) mass is 380 g/mol. The molecule has 0 spiro atoms. The van der Waals surface area contributed by atoms with Crippen molar-refractivity contribution < 1.29 is 27.2 Å². The molecule has 9 heteroatoms. The molecule has 0 aliphatic rings. The van der Waals surface area contributed by atoms with Crippen LogP contribution in [-0.2, 0) is 26.1 Å². The summed E-state index contributed by atoms with van der Waals surface area (Å²) in [7, 11) is -0.838. The molecule has 140 valence electrons. The van der Waals surface area contributed by atoms with Gasteiger partial charge in [0.25, 0.3) is 5.91 Å². The average Bonchev–Trinajstić information content (AvgIpc) is 3.04. The number of benzene rings is 1. The van der Waals surface area contributed by atoms with Crippen molar-refractivity contribution in [2.24, 2.45) is 0 Å². The largest absolute Gasteiger partial charge is 0.464 e. The number of furan rings is 1. The molecule has 26 heavy (non-hydrogen) atoms. The number of nitrogens with one attached hydrogen (secondary N) is 1. The fourth-order valence-corrected chi connectivity index (χ4v) is 2.90. The first kappa shape index (κ1) is 19.7. The number of aryl methyl sites for hydroxylation is 1. The van der Waals surface area contributed by atoms with Gasteiger partial charge in [-0.25, -0.2) is 17.9 Å². The smallest absolute Gasteiger partial charge is 0.338 e. The lowest BCUT2D eigenvalue weighted by atomic mass is 10.2. The van der Waals surface area contributed by atoms with E-state index in [0.29, 0.717) is 5.76 Å². The molecular weight excluding hydrogens is 360 g/mol. The van der Waals surface area contributed by atoms with Crippen LogP contribution in [0.5, 0.6) is 0 Å². The summed E-state index contributed by atoms with van der Waals surface area (Å²) in [5.74, 6) is 0.165. The van der Waals surface area contributed by atoms with Crippen LogP contribution in [0, 0.1) is 6.92 Å². The van der Waals surface area contributed by atoms with Gasteiger partial charge in [-0.2, -0.15) is 0 Å². The van der Waals surface area contributed by atoms with E-state index in [4.69, 9.17) is 9.15 Å². The van der Waals surface area contributed by atoms with E-state index in [1.807, 2.05) is 0 Å². The van der Waals surface area contributed by atoms with Gasteiger partial charge in [-0.15, -0.1) is 0 Å². The van der Waals surface area contributed by atoms with Gasteiger partial charge in [0, 0.05) is 7.05 Å². The average molecular weight is 380 g/mol. The normalized spacial score (nSPS) is 11.2. The number of nitrogens with zero attached hydrogens (tertiary/aromatic N) is 1. The van der Waals surface area contributed by atoms with Crippen LogP contribution in [0.2, 0.25) is 0 Å². The Kier molecular flexibility index (Phi) is 6.17. The van der Waals surface area contributed by atoms with Crippen LogP contribution in [0.25, 0.3) is 0 Å². The summed E-state index contributed by atoms with van der Waals surface area (Å²) in [5, 5.41) is 0. The molecule has 0 aliphatic carbocycles. The molecule has 2 aromatic rings.